The van der Waals surface area contributed by atoms with Gasteiger partial charge in [0.25, 0.3) is 5.92 Å². The Morgan fingerprint density at radius 1 is 1.29 bits per heavy atom. The zero-order valence-electron chi connectivity index (χ0n) is 10.6. The Kier molecular flexibility index (Phi) is 6.23. The Balaban J connectivity index is 2.92. The molecule has 0 bridgehead atoms. The van der Waals surface area contributed by atoms with E-state index in [0.717, 1.165) is 0 Å². The maximum atomic E-state index is 14.0. The molecular weight excluding hydrogens is 320 g/mol. The number of carboxylic acid groups (broad SMARTS) is 1. The third-order valence-corrected chi connectivity index (χ3v) is 3.48. The first-order valence-electron chi connectivity index (χ1n) is 5.93. The first-order valence-corrected chi connectivity index (χ1v) is 6.30. The van der Waals surface area contributed by atoms with Crippen LogP contribution in [0.2, 0.25) is 0 Å². The average Bonchev–Trinajstić information content (AvgIpc) is 2.42. The van der Waals surface area contributed by atoms with Crippen molar-refractivity contribution in [3.63, 3.8) is 0 Å². The van der Waals surface area contributed by atoms with E-state index in [1.807, 2.05) is 0 Å². The average molecular weight is 336 g/mol. The number of hydrogen-bond acceptors (Lipinski definition) is 7. The monoisotopic (exact) mass is 335 g/mol. The van der Waals surface area contributed by atoms with Crippen LogP contribution < -0.4 is 4.84 Å². The van der Waals surface area contributed by atoms with Crippen molar-refractivity contribution in [2.75, 3.05) is 6.61 Å². The minimum absolute atomic E-state index is 0.867. The van der Waals surface area contributed by atoms with Gasteiger partial charge in [-0.05, 0) is 11.8 Å². The van der Waals surface area contributed by atoms with Gasteiger partial charge in [0, 0.05) is 6.42 Å². The van der Waals surface area contributed by atoms with Crippen LogP contribution in [0.25, 0.3) is 0 Å². The number of halogens is 3. The van der Waals surface area contributed by atoms with Gasteiger partial charge in [-0.15, -0.1) is 0 Å². The molecule has 0 amide bonds. The van der Waals surface area contributed by atoms with Gasteiger partial charge in [0.15, 0.2) is 0 Å². The Morgan fingerprint density at radius 2 is 1.86 bits per heavy atom. The molecule has 1 rings (SSSR count). The van der Waals surface area contributed by atoms with Gasteiger partial charge in [-0.3, -0.25) is 4.79 Å². The molecule has 0 radical (unpaired) electrons. The van der Waals surface area contributed by atoms with Crippen molar-refractivity contribution in [3.8, 4) is 0 Å². The van der Waals surface area contributed by atoms with E-state index in [1.165, 1.54) is 0 Å². The number of ether oxygens (including phenoxy) is 1. The maximum Gasteiger partial charge on any atom is 0.322 e. The van der Waals surface area contributed by atoms with Crippen molar-refractivity contribution in [2.45, 2.75) is 48.9 Å². The molecule has 0 aromatic carbocycles. The predicted molar refractivity (Wildman–Crippen MR) is 63.7 cm³/mol. The number of alkyl halides is 2. The smallest absolute Gasteiger partial charge is 0.322 e. The summed E-state index contributed by atoms with van der Waals surface area (Å²) in [6.07, 6.45) is -11.1. The van der Waals surface area contributed by atoms with Gasteiger partial charge in [0.2, 0.25) is 0 Å². The molecule has 1 heterocycles. The largest absolute Gasteiger partial charge is 0.480 e. The number of rotatable bonds is 6. The van der Waals surface area contributed by atoms with E-state index in [1.54, 1.807) is 4.84 Å². The van der Waals surface area contributed by atoms with Crippen molar-refractivity contribution >= 4 is 17.7 Å². The van der Waals surface area contributed by atoms with Crippen molar-refractivity contribution in [3.05, 3.63) is 0 Å². The van der Waals surface area contributed by atoms with E-state index in [9.17, 15) is 28.9 Å². The number of carboxylic acids is 1. The summed E-state index contributed by atoms with van der Waals surface area (Å²) in [7, 11) is 0. The van der Waals surface area contributed by atoms with E-state index < -0.39 is 61.5 Å². The highest BCUT2D eigenvalue weighted by Gasteiger charge is 2.55. The lowest BCUT2D eigenvalue weighted by atomic mass is 9.89. The summed E-state index contributed by atoms with van der Waals surface area (Å²) < 4.78 is 32.8. The summed E-state index contributed by atoms with van der Waals surface area (Å²) in [6.45, 7) is -0.867. The van der Waals surface area contributed by atoms with Crippen LogP contribution in [0.4, 0.5) is 8.78 Å². The molecule has 6 N–H and O–H groups in total. The van der Waals surface area contributed by atoms with Crippen molar-refractivity contribution in [2.24, 2.45) is 0 Å². The van der Waals surface area contributed by atoms with Gasteiger partial charge in [-0.2, -0.15) is 0 Å². The molecule has 6 atom stereocenters. The molecule has 0 aromatic rings. The van der Waals surface area contributed by atoms with E-state index in [4.69, 9.17) is 26.7 Å². The summed E-state index contributed by atoms with van der Waals surface area (Å²) in [4.78, 5) is 12.3. The molecule has 124 valence electrons. The van der Waals surface area contributed by atoms with Gasteiger partial charge in [-0.1, -0.05) is 0 Å². The lowest BCUT2D eigenvalue weighted by Crippen LogP contribution is -2.63. The van der Waals surface area contributed by atoms with Crippen LogP contribution in [0.3, 0.4) is 0 Å². The molecule has 0 spiro atoms. The molecule has 1 fully saturated rings. The van der Waals surface area contributed by atoms with Gasteiger partial charge in [0.1, 0.15) is 36.6 Å². The molecule has 1 aliphatic heterocycles. The Labute approximate surface area is 123 Å². The first-order chi connectivity index (χ1) is 9.65. The Bertz CT molecular complexity index is 373. The van der Waals surface area contributed by atoms with Gasteiger partial charge in [-0.25, -0.2) is 13.6 Å². The highest BCUT2D eigenvalue weighted by atomic mass is 35.5. The summed E-state index contributed by atoms with van der Waals surface area (Å²) in [5.74, 6) is -5.53. The van der Waals surface area contributed by atoms with E-state index in [-0.39, 0.29) is 0 Å². The zero-order chi connectivity index (χ0) is 16.4. The standard InChI is InChI=1S/C10H16ClF2NO7/c11-14-3(9(19)20)1-10(12,13)8-7(18)6(17)5(16)4(2-15)21-8/h3-8,14-18H,1-2H2,(H,19,20). The second kappa shape index (κ2) is 7.09. The van der Waals surface area contributed by atoms with Crippen molar-refractivity contribution in [1.29, 1.82) is 0 Å². The third kappa shape index (κ3) is 3.97. The second-order valence-corrected chi connectivity index (χ2v) is 4.93. The molecular formula is C10H16ClF2NO7. The molecule has 21 heavy (non-hydrogen) atoms. The van der Waals surface area contributed by atoms with Crippen LogP contribution in [0, 0.1) is 0 Å². The first kappa shape index (κ1) is 18.4. The molecule has 0 saturated carbocycles. The van der Waals surface area contributed by atoms with Gasteiger partial charge >= 0.3 is 5.97 Å². The quantitative estimate of drug-likeness (QED) is 0.308. The Morgan fingerprint density at radius 3 is 2.29 bits per heavy atom. The zero-order valence-corrected chi connectivity index (χ0v) is 11.3. The fourth-order valence-corrected chi connectivity index (χ4v) is 2.18. The van der Waals surface area contributed by atoms with Crippen molar-refractivity contribution in [1.82, 2.24) is 4.84 Å². The number of hydrogen-bond donors (Lipinski definition) is 6. The van der Waals surface area contributed by atoms with E-state index >= 15 is 0 Å². The number of aliphatic hydroxyl groups excluding tert-OH is 4. The lowest BCUT2D eigenvalue weighted by molar-refractivity contribution is -0.282. The third-order valence-electron chi connectivity index (χ3n) is 3.21. The molecule has 11 heteroatoms. The lowest BCUT2D eigenvalue weighted by Gasteiger charge is -2.43. The van der Waals surface area contributed by atoms with E-state index in [2.05, 4.69) is 0 Å². The molecule has 6 unspecified atom stereocenters. The van der Waals surface area contributed by atoms with Crippen LogP contribution >= 0.6 is 11.8 Å². The van der Waals surface area contributed by atoms with Crippen molar-refractivity contribution < 1.29 is 43.8 Å². The summed E-state index contributed by atoms with van der Waals surface area (Å²) in [5, 5.41) is 46.1. The molecule has 1 saturated heterocycles. The summed E-state index contributed by atoms with van der Waals surface area (Å²) in [6, 6.07) is -1.82. The fourth-order valence-electron chi connectivity index (χ4n) is 2.01. The summed E-state index contributed by atoms with van der Waals surface area (Å²) >= 11 is 5.05. The number of aliphatic hydroxyl groups is 4. The van der Waals surface area contributed by atoms with Crippen LogP contribution in [0.15, 0.2) is 0 Å². The van der Waals surface area contributed by atoms with Gasteiger partial charge in [0.05, 0.1) is 6.61 Å². The minimum atomic E-state index is -3.89. The Hall–Kier alpha value is -0.620. The number of carbonyl (C=O) groups is 1. The minimum Gasteiger partial charge on any atom is -0.480 e. The molecule has 8 nitrogen and oxygen atoms in total. The SMILES string of the molecule is O=C(O)C(CC(F)(F)C1OC(CO)C(O)C(O)C1O)NCl. The highest BCUT2D eigenvalue weighted by molar-refractivity contribution is 6.14. The van der Waals surface area contributed by atoms with Crippen LogP contribution in [0.1, 0.15) is 6.42 Å². The van der Waals surface area contributed by atoms with Crippen LogP contribution in [-0.4, -0.2) is 80.6 Å². The highest BCUT2D eigenvalue weighted by Crippen LogP contribution is 2.35. The predicted octanol–water partition coefficient (Wildman–Crippen LogP) is -1.95. The maximum absolute atomic E-state index is 14.0. The van der Waals surface area contributed by atoms with E-state index in [0.29, 0.717) is 0 Å². The second-order valence-electron chi connectivity index (χ2n) is 4.71. The fraction of sp³-hybridized carbons (Fsp3) is 0.900. The molecule has 0 aliphatic carbocycles. The molecule has 0 aromatic heterocycles. The van der Waals surface area contributed by atoms with Gasteiger partial charge < -0.3 is 30.3 Å². The topological polar surface area (TPSA) is 139 Å². The van der Waals surface area contributed by atoms with Crippen LogP contribution in [-0.2, 0) is 9.53 Å². The normalized spacial score (nSPS) is 35.5. The van der Waals surface area contributed by atoms with Crippen LogP contribution in [0.5, 0.6) is 0 Å². The molecule has 1 aliphatic rings. The number of aliphatic carboxylic acids is 1. The summed E-state index contributed by atoms with van der Waals surface area (Å²) in [5.41, 5.74) is 0. The number of nitrogens with one attached hydrogen (secondary N) is 1.